The molecule has 2 aromatic carbocycles. The Morgan fingerprint density at radius 2 is 1.33 bits per heavy atom. The molecule has 0 saturated heterocycles. The Labute approximate surface area is 143 Å². The summed E-state index contributed by atoms with van der Waals surface area (Å²) >= 11 is 0. The Morgan fingerprint density at radius 3 is 1.71 bits per heavy atom. The number of hydrogen-bond acceptors (Lipinski definition) is 4. The summed E-state index contributed by atoms with van der Waals surface area (Å²) in [5.41, 5.74) is 2.23. The monoisotopic (exact) mass is 327 g/mol. The van der Waals surface area contributed by atoms with Gasteiger partial charge in [-0.1, -0.05) is 60.7 Å². The molecule has 0 aliphatic rings. The molecule has 2 N–H and O–H groups in total. The van der Waals surface area contributed by atoms with Crippen molar-refractivity contribution < 1.29 is 15.0 Å². The van der Waals surface area contributed by atoms with Gasteiger partial charge in [-0.2, -0.15) is 0 Å². The maximum atomic E-state index is 11.4. The second-order valence-corrected chi connectivity index (χ2v) is 6.16. The Kier molecular flexibility index (Phi) is 6.67. The topological polar surface area (TPSA) is 60.8 Å². The average Bonchev–Trinajstić information content (AvgIpc) is 2.61. The van der Waals surface area contributed by atoms with E-state index < -0.39 is 18.0 Å². The molecule has 2 aromatic rings. The van der Waals surface area contributed by atoms with Crippen LogP contribution in [0.15, 0.2) is 60.7 Å². The first kappa shape index (κ1) is 18.3. The van der Waals surface area contributed by atoms with Gasteiger partial charge in [0, 0.05) is 19.1 Å². The predicted octanol–water partition coefficient (Wildman–Crippen LogP) is 2.39. The van der Waals surface area contributed by atoms with E-state index in [1.807, 2.05) is 67.6 Å². The van der Waals surface area contributed by atoms with Crippen molar-refractivity contribution in [1.82, 2.24) is 4.90 Å². The smallest absolute Gasteiger partial charge is 0.160 e. The zero-order valence-corrected chi connectivity index (χ0v) is 14.2. The fraction of sp³-hybridized carbons (Fsp3) is 0.350. The molecule has 0 saturated carbocycles. The summed E-state index contributed by atoms with van der Waals surface area (Å²) in [6, 6.07) is 19.6. The maximum Gasteiger partial charge on any atom is 0.160 e. The highest BCUT2D eigenvalue weighted by molar-refractivity contribution is 5.80. The van der Waals surface area contributed by atoms with E-state index in [4.69, 9.17) is 0 Å². The molecule has 4 nitrogen and oxygen atoms in total. The van der Waals surface area contributed by atoms with Crippen LogP contribution in [-0.4, -0.2) is 39.1 Å². The van der Waals surface area contributed by atoms with E-state index in [9.17, 15) is 15.0 Å². The Balaban J connectivity index is 2.19. The van der Waals surface area contributed by atoms with Crippen LogP contribution in [-0.2, 0) is 17.9 Å². The van der Waals surface area contributed by atoms with Gasteiger partial charge in [-0.3, -0.25) is 9.69 Å². The van der Waals surface area contributed by atoms with Crippen molar-refractivity contribution >= 4 is 5.78 Å². The minimum Gasteiger partial charge on any atom is -0.388 e. The number of carbonyl (C=O) groups excluding carboxylic acids is 1. The number of rotatable bonds is 8. The van der Waals surface area contributed by atoms with Gasteiger partial charge in [-0.25, -0.2) is 0 Å². The Bertz CT molecular complexity index is 588. The van der Waals surface area contributed by atoms with Crippen LogP contribution in [0.1, 0.15) is 25.0 Å². The summed E-state index contributed by atoms with van der Waals surface area (Å²) in [5.74, 6) is -0.422. The van der Waals surface area contributed by atoms with Crippen LogP contribution in [0.25, 0.3) is 0 Å². The first-order valence-electron chi connectivity index (χ1n) is 8.17. The van der Waals surface area contributed by atoms with E-state index in [1.54, 1.807) is 0 Å². The van der Waals surface area contributed by atoms with Crippen LogP contribution < -0.4 is 0 Å². The van der Waals surface area contributed by atoms with E-state index in [-0.39, 0.29) is 6.04 Å². The third kappa shape index (κ3) is 4.99. The van der Waals surface area contributed by atoms with Gasteiger partial charge < -0.3 is 10.2 Å². The van der Waals surface area contributed by atoms with Crippen molar-refractivity contribution in [3.63, 3.8) is 0 Å². The van der Waals surface area contributed by atoms with Crippen LogP contribution in [0.3, 0.4) is 0 Å². The number of ketones is 1. The molecule has 0 heterocycles. The number of hydrogen-bond donors (Lipinski definition) is 2. The van der Waals surface area contributed by atoms with Crippen molar-refractivity contribution in [2.45, 2.75) is 45.2 Å². The molecule has 0 amide bonds. The zero-order valence-electron chi connectivity index (χ0n) is 14.2. The minimum atomic E-state index is -1.37. The molecule has 0 radical (unpaired) electrons. The molecule has 4 heteroatoms. The highest BCUT2D eigenvalue weighted by Crippen LogP contribution is 2.17. The maximum absolute atomic E-state index is 11.4. The molecule has 0 spiro atoms. The van der Waals surface area contributed by atoms with Crippen molar-refractivity contribution in [1.29, 1.82) is 0 Å². The highest BCUT2D eigenvalue weighted by atomic mass is 16.3. The largest absolute Gasteiger partial charge is 0.388 e. The van der Waals surface area contributed by atoms with Crippen LogP contribution in [0.2, 0.25) is 0 Å². The molecule has 2 rings (SSSR count). The molecule has 0 aliphatic carbocycles. The summed E-state index contributed by atoms with van der Waals surface area (Å²) in [6.45, 7) is 4.37. The van der Waals surface area contributed by atoms with Crippen LogP contribution >= 0.6 is 0 Å². The number of carbonyl (C=O) groups is 1. The second kappa shape index (κ2) is 8.73. The third-order valence-electron chi connectivity index (χ3n) is 4.27. The Morgan fingerprint density at radius 1 is 0.917 bits per heavy atom. The standard InChI is InChI=1S/C20H25NO3/c1-15(19(23)20(24)16(2)22)21(13-17-9-5-3-6-10-17)14-18-11-7-4-8-12-18/h3-12,15,19-20,23-24H,13-14H2,1-2H3/t15-,19-,20+/m0/s1. The highest BCUT2D eigenvalue weighted by Gasteiger charge is 2.30. The second-order valence-electron chi connectivity index (χ2n) is 6.16. The van der Waals surface area contributed by atoms with Crippen molar-refractivity contribution in [3.8, 4) is 0 Å². The molecule has 0 bridgehead atoms. The summed E-state index contributed by atoms with van der Waals surface area (Å²) in [6.07, 6.45) is -2.50. The van der Waals surface area contributed by atoms with E-state index >= 15 is 0 Å². The van der Waals surface area contributed by atoms with Crippen molar-refractivity contribution in [2.75, 3.05) is 0 Å². The van der Waals surface area contributed by atoms with Gasteiger partial charge in [-0.05, 0) is 25.0 Å². The first-order chi connectivity index (χ1) is 11.5. The van der Waals surface area contributed by atoms with E-state index in [2.05, 4.69) is 4.90 Å². The van der Waals surface area contributed by atoms with Crippen LogP contribution in [0, 0.1) is 0 Å². The van der Waals surface area contributed by atoms with Gasteiger partial charge >= 0.3 is 0 Å². The lowest BCUT2D eigenvalue weighted by Gasteiger charge is -2.34. The molecule has 0 aliphatic heterocycles. The van der Waals surface area contributed by atoms with Gasteiger partial charge in [0.2, 0.25) is 0 Å². The van der Waals surface area contributed by atoms with Crippen molar-refractivity contribution in [3.05, 3.63) is 71.8 Å². The van der Waals surface area contributed by atoms with Gasteiger partial charge in [0.1, 0.15) is 12.2 Å². The molecular weight excluding hydrogens is 302 g/mol. The fourth-order valence-corrected chi connectivity index (χ4v) is 2.70. The zero-order chi connectivity index (χ0) is 17.5. The van der Waals surface area contributed by atoms with E-state index in [0.717, 1.165) is 11.1 Å². The third-order valence-corrected chi connectivity index (χ3v) is 4.27. The summed E-state index contributed by atoms with van der Waals surface area (Å²) in [5, 5.41) is 20.3. The molecule has 0 aromatic heterocycles. The van der Waals surface area contributed by atoms with Crippen molar-refractivity contribution in [2.24, 2.45) is 0 Å². The molecule has 24 heavy (non-hydrogen) atoms. The summed E-state index contributed by atoms with van der Waals surface area (Å²) < 4.78 is 0. The lowest BCUT2D eigenvalue weighted by atomic mass is 10.0. The number of aliphatic hydroxyl groups is 2. The molecule has 0 unspecified atom stereocenters. The minimum absolute atomic E-state index is 0.371. The fourth-order valence-electron chi connectivity index (χ4n) is 2.70. The van der Waals surface area contributed by atoms with Gasteiger partial charge in [-0.15, -0.1) is 0 Å². The lowest BCUT2D eigenvalue weighted by Crippen LogP contribution is -2.48. The Hall–Kier alpha value is -2.01. The molecule has 0 fully saturated rings. The molecular formula is C20H25NO3. The quantitative estimate of drug-likeness (QED) is 0.781. The summed E-state index contributed by atoms with van der Waals surface area (Å²) in [4.78, 5) is 13.5. The average molecular weight is 327 g/mol. The number of Topliss-reactive ketones (excluding diaryl/α,β-unsaturated/α-hetero) is 1. The number of benzene rings is 2. The normalized spacial score (nSPS) is 15.0. The predicted molar refractivity (Wildman–Crippen MR) is 94.3 cm³/mol. The van der Waals surface area contributed by atoms with Crippen LogP contribution in [0.4, 0.5) is 0 Å². The molecule has 3 atom stereocenters. The lowest BCUT2D eigenvalue weighted by molar-refractivity contribution is -0.133. The summed E-state index contributed by atoms with van der Waals surface area (Å²) in [7, 11) is 0. The first-order valence-corrected chi connectivity index (χ1v) is 8.17. The van der Waals surface area contributed by atoms with E-state index in [0.29, 0.717) is 13.1 Å². The van der Waals surface area contributed by atoms with E-state index in [1.165, 1.54) is 6.92 Å². The number of aliphatic hydroxyl groups excluding tert-OH is 2. The molecule has 128 valence electrons. The SMILES string of the molecule is CC(=O)[C@@H](O)[C@@H](O)[C@H](C)N(Cc1ccccc1)Cc1ccccc1. The van der Waals surface area contributed by atoms with Gasteiger partial charge in [0.15, 0.2) is 5.78 Å². The number of nitrogens with zero attached hydrogens (tertiary/aromatic N) is 1. The van der Waals surface area contributed by atoms with Crippen LogP contribution in [0.5, 0.6) is 0 Å². The van der Waals surface area contributed by atoms with Gasteiger partial charge in [0.05, 0.1) is 0 Å². The van der Waals surface area contributed by atoms with Gasteiger partial charge in [0.25, 0.3) is 0 Å².